The molecule has 0 radical (unpaired) electrons. The molecule has 2 aromatic carbocycles. The van der Waals surface area contributed by atoms with Crippen LogP contribution in [0.5, 0.6) is 0 Å². The first-order valence-corrected chi connectivity index (χ1v) is 8.02. The van der Waals surface area contributed by atoms with Crippen molar-refractivity contribution in [3.05, 3.63) is 75.6 Å². The number of nitro groups is 1. The number of nitrogens with two attached hydrogens (primary N) is 1. The Kier molecular flexibility index (Phi) is 4.48. The summed E-state index contributed by atoms with van der Waals surface area (Å²) in [7, 11) is 0. The third kappa shape index (κ3) is 3.36. The molecule has 1 aromatic heterocycles. The van der Waals surface area contributed by atoms with E-state index in [1.54, 1.807) is 43.3 Å². The van der Waals surface area contributed by atoms with Gasteiger partial charge in [-0.3, -0.25) is 14.9 Å². The van der Waals surface area contributed by atoms with Crippen molar-refractivity contribution >= 4 is 23.2 Å². The molecule has 8 nitrogen and oxygen atoms in total. The fraction of sp³-hybridized carbons (Fsp3) is 0.0625. The summed E-state index contributed by atoms with van der Waals surface area (Å²) in [5, 5.41) is 19.4. The van der Waals surface area contributed by atoms with E-state index in [1.165, 1.54) is 16.8 Å². The van der Waals surface area contributed by atoms with Gasteiger partial charge in [-0.05, 0) is 30.8 Å². The van der Waals surface area contributed by atoms with Gasteiger partial charge in [-0.15, -0.1) is 10.2 Å². The second-order valence-electron chi connectivity index (χ2n) is 5.14. The SMILES string of the molecule is Cc1nnc(Sc2ccc(C(=O)c3ccccc3)cc2[N+](=O)[O-])n1N. The van der Waals surface area contributed by atoms with Crippen molar-refractivity contribution in [3.63, 3.8) is 0 Å². The molecule has 126 valence electrons. The minimum atomic E-state index is -0.534. The van der Waals surface area contributed by atoms with Crippen LogP contribution in [0.25, 0.3) is 0 Å². The highest BCUT2D eigenvalue weighted by Crippen LogP contribution is 2.34. The number of aryl methyl sites for hydroxylation is 1. The molecule has 9 heteroatoms. The van der Waals surface area contributed by atoms with Gasteiger partial charge in [0, 0.05) is 17.2 Å². The van der Waals surface area contributed by atoms with Gasteiger partial charge >= 0.3 is 0 Å². The number of aromatic nitrogens is 3. The van der Waals surface area contributed by atoms with Crippen LogP contribution in [-0.4, -0.2) is 25.6 Å². The molecule has 3 aromatic rings. The summed E-state index contributed by atoms with van der Waals surface area (Å²) in [6.07, 6.45) is 0. The molecule has 2 N–H and O–H groups in total. The predicted molar refractivity (Wildman–Crippen MR) is 92.0 cm³/mol. The Bertz CT molecular complexity index is 956. The summed E-state index contributed by atoms with van der Waals surface area (Å²) in [4.78, 5) is 23.7. The van der Waals surface area contributed by atoms with Crippen LogP contribution in [0.2, 0.25) is 0 Å². The van der Waals surface area contributed by atoms with E-state index in [4.69, 9.17) is 5.84 Å². The molecule has 0 aliphatic rings. The van der Waals surface area contributed by atoms with E-state index in [0.29, 0.717) is 21.4 Å². The number of rotatable bonds is 5. The molecule has 0 fully saturated rings. The topological polar surface area (TPSA) is 117 Å². The molecule has 3 rings (SSSR count). The number of carbonyl (C=O) groups is 1. The van der Waals surface area contributed by atoms with Crippen molar-refractivity contribution in [2.24, 2.45) is 0 Å². The van der Waals surface area contributed by atoms with Gasteiger partial charge in [-0.25, -0.2) is 4.68 Å². The van der Waals surface area contributed by atoms with Crippen LogP contribution < -0.4 is 5.84 Å². The molecule has 25 heavy (non-hydrogen) atoms. The van der Waals surface area contributed by atoms with Gasteiger partial charge in [0.2, 0.25) is 5.16 Å². The largest absolute Gasteiger partial charge is 0.336 e. The van der Waals surface area contributed by atoms with E-state index in [0.717, 1.165) is 11.8 Å². The summed E-state index contributed by atoms with van der Waals surface area (Å²) in [6.45, 7) is 1.67. The summed E-state index contributed by atoms with van der Waals surface area (Å²) in [5.74, 6) is 5.99. The zero-order chi connectivity index (χ0) is 18.0. The van der Waals surface area contributed by atoms with E-state index in [-0.39, 0.29) is 17.0 Å². The van der Waals surface area contributed by atoms with Crippen LogP contribution in [-0.2, 0) is 0 Å². The molecule has 0 unspecified atom stereocenters. The third-order valence-electron chi connectivity index (χ3n) is 3.49. The molecule has 0 saturated heterocycles. The summed E-state index contributed by atoms with van der Waals surface area (Å²) in [6, 6.07) is 12.9. The standard InChI is InChI=1S/C16H13N5O3S/c1-10-18-19-16(20(10)17)25-14-8-7-12(9-13(14)21(23)24)15(22)11-5-3-2-4-6-11/h2-9H,17H2,1H3. The van der Waals surface area contributed by atoms with Crippen LogP contribution in [0.4, 0.5) is 5.69 Å². The maximum Gasteiger partial charge on any atom is 0.284 e. The second kappa shape index (κ2) is 6.73. The molecule has 0 aliphatic heterocycles. The number of nitro benzene ring substituents is 1. The molecule has 0 aliphatic carbocycles. The van der Waals surface area contributed by atoms with Crippen LogP contribution in [0.1, 0.15) is 21.7 Å². The zero-order valence-corrected chi connectivity index (χ0v) is 13.9. The van der Waals surface area contributed by atoms with Crippen molar-refractivity contribution in [3.8, 4) is 0 Å². The Morgan fingerprint density at radius 3 is 2.48 bits per heavy atom. The number of ketones is 1. The molecule has 1 heterocycles. The van der Waals surface area contributed by atoms with Crippen LogP contribution in [0, 0.1) is 17.0 Å². The Balaban J connectivity index is 1.97. The van der Waals surface area contributed by atoms with Gasteiger partial charge < -0.3 is 5.84 Å². The van der Waals surface area contributed by atoms with Gasteiger partial charge in [0.1, 0.15) is 5.82 Å². The molecule has 0 atom stereocenters. The van der Waals surface area contributed by atoms with Crippen LogP contribution in [0.15, 0.2) is 58.6 Å². The van der Waals surface area contributed by atoms with Gasteiger partial charge in [0.15, 0.2) is 5.78 Å². The highest BCUT2D eigenvalue weighted by molar-refractivity contribution is 7.99. The highest BCUT2D eigenvalue weighted by Gasteiger charge is 2.21. The van der Waals surface area contributed by atoms with Crippen molar-refractivity contribution in [1.82, 2.24) is 14.9 Å². The van der Waals surface area contributed by atoms with E-state index < -0.39 is 4.92 Å². The zero-order valence-electron chi connectivity index (χ0n) is 13.1. The lowest BCUT2D eigenvalue weighted by atomic mass is 10.0. The van der Waals surface area contributed by atoms with E-state index >= 15 is 0 Å². The number of hydrogen-bond donors (Lipinski definition) is 1. The second-order valence-corrected chi connectivity index (χ2v) is 6.15. The first-order valence-electron chi connectivity index (χ1n) is 7.20. The Morgan fingerprint density at radius 1 is 1.16 bits per heavy atom. The average Bonchev–Trinajstić information content (AvgIpc) is 2.94. The maximum atomic E-state index is 12.5. The van der Waals surface area contributed by atoms with Gasteiger partial charge in [-0.2, -0.15) is 0 Å². The monoisotopic (exact) mass is 355 g/mol. The minimum Gasteiger partial charge on any atom is -0.336 e. The van der Waals surface area contributed by atoms with Gasteiger partial charge in [-0.1, -0.05) is 30.3 Å². The van der Waals surface area contributed by atoms with Crippen molar-refractivity contribution in [2.45, 2.75) is 17.0 Å². The molecule has 0 bridgehead atoms. The summed E-state index contributed by atoms with van der Waals surface area (Å²) >= 11 is 1.02. The van der Waals surface area contributed by atoms with Crippen molar-refractivity contribution in [1.29, 1.82) is 0 Å². The number of carbonyl (C=O) groups excluding carboxylic acids is 1. The lowest BCUT2D eigenvalue weighted by Crippen LogP contribution is -2.11. The smallest absolute Gasteiger partial charge is 0.284 e. The number of nitrogens with zero attached hydrogens (tertiary/aromatic N) is 4. The average molecular weight is 355 g/mol. The fourth-order valence-corrected chi connectivity index (χ4v) is 3.04. The lowest BCUT2D eigenvalue weighted by Gasteiger charge is -2.05. The maximum absolute atomic E-state index is 12.5. The first kappa shape index (κ1) is 16.7. The minimum absolute atomic E-state index is 0.188. The number of hydrogen-bond acceptors (Lipinski definition) is 7. The highest BCUT2D eigenvalue weighted by atomic mass is 32.2. The lowest BCUT2D eigenvalue weighted by molar-refractivity contribution is -0.387. The molecule has 0 spiro atoms. The van der Waals surface area contributed by atoms with Gasteiger partial charge in [0.05, 0.1) is 9.82 Å². The Labute approximate surface area is 146 Å². The first-order chi connectivity index (χ1) is 12.0. The van der Waals surface area contributed by atoms with E-state index in [1.807, 2.05) is 0 Å². The van der Waals surface area contributed by atoms with Crippen molar-refractivity contribution < 1.29 is 9.72 Å². The summed E-state index contributed by atoms with van der Waals surface area (Å²) in [5.41, 5.74) is 0.523. The molecule has 0 amide bonds. The predicted octanol–water partition coefficient (Wildman–Crippen LogP) is 2.59. The fourth-order valence-electron chi connectivity index (χ4n) is 2.16. The normalized spacial score (nSPS) is 10.6. The number of nitrogen functional groups attached to an aromatic ring is 1. The van der Waals surface area contributed by atoms with Crippen LogP contribution in [0.3, 0.4) is 0 Å². The summed E-state index contributed by atoms with van der Waals surface area (Å²) < 4.78 is 1.25. The Hall–Kier alpha value is -3.20. The van der Waals surface area contributed by atoms with E-state index in [9.17, 15) is 14.9 Å². The van der Waals surface area contributed by atoms with Crippen molar-refractivity contribution in [2.75, 3.05) is 5.84 Å². The number of benzene rings is 2. The molecular weight excluding hydrogens is 342 g/mol. The van der Waals surface area contributed by atoms with E-state index in [2.05, 4.69) is 10.2 Å². The van der Waals surface area contributed by atoms with Crippen LogP contribution >= 0.6 is 11.8 Å². The van der Waals surface area contributed by atoms with Gasteiger partial charge in [0.25, 0.3) is 5.69 Å². The third-order valence-corrected chi connectivity index (χ3v) is 4.52. The Morgan fingerprint density at radius 2 is 1.88 bits per heavy atom. The quantitative estimate of drug-likeness (QED) is 0.323. The molecular formula is C16H13N5O3S. The molecule has 0 saturated carbocycles.